The van der Waals surface area contributed by atoms with E-state index in [9.17, 15) is 18.0 Å². The first-order valence-electron chi connectivity index (χ1n) is 3.91. The van der Waals surface area contributed by atoms with Crippen molar-refractivity contribution in [2.24, 2.45) is 0 Å². The fraction of sp³-hybridized carbons (Fsp3) is 0.857. The smallest absolute Gasteiger partial charge is 0.391 e. The lowest BCUT2D eigenvalue weighted by atomic mass is 9.93. The van der Waals surface area contributed by atoms with E-state index in [1.807, 2.05) is 0 Å². The summed E-state index contributed by atoms with van der Waals surface area (Å²) in [6.07, 6.45) is -5.21. The summed E-state index contributed by atoms with van der Waals surface area (Å²) >= 11 is 0. The Balaban J connectivity index is 2.74. The molecule has 3 nitrogen and oxygen atoms in total. The fourth-order valence-electron chi connectivity index (χ4n) is 1.56. The molecule has 0 amide bonds. The van der Waals surface area contributed by atoms with Crippen molar-refractivity contribution in [3.05, 3.63) is 0 Å². The average molecular weight is 197 g/mol. The largest absolute Gasteiger partial charge is 0.480 e. The molecule has 1 fully saturated rings. The Hall–Kier alpha value is -0.780. The summed E-state index contributed by atoms with van der Waals surface area (Å²) in [6, 6.07) is 0. The molecule has 0 saturated carbocycles. The van der Waals surface area contributed by atoms with Gasteiger partial charge in [-0.1, -0.05) is 0 Å². The Morgan fingerprint density at radius 2 is 2.15 bits per heavy atom. The maximum absolute atomic E-state index is 12.0. The molecule has 0 bridgehead atoms. The molecule has 0 aromatic heterocycles. The van der Waals surface area contributed by atoms with Gasteiger partial charge in [-0.15, -0.1) is 0 Å². The molecule has 0 radical (unpaired) electrons. The first kappa shape index (κ1) is 10.3. The quantitative estimate of drug-likeness (QED) is 0.698. The van der Waals surface area contributed by atoms with Gasteiger partial charge in [0.25, 0.3) is 0 Å². The van der Waals surface area contributed by atoms with Crippen LogP contribution in [0.2, 0.25) is 0 Å². The van der Waals surface area contributed by atoms with Crippen LogP contribution in [0.3, 0.4) is 0 Å². The third-order valence-corrected chi connectivity index (χ3v) is 2.16. The molecule has 1 unspecified atom stereocenters. The summed E-state index contributed by atoms with van der Waals surface area (Å²) in [4.78, 5) is 10.6. The maximum Gasteiger partial charge on any atom is 0.391 e. The maximum atomic E-state index is 12.0. The molecule has 1 heterocycles. The molecular weight excluding hydrogens is 187 g/mol. The van der Waals surface area contributed by atoms with Gasteiger partial charge in [0, 0.05) is 0 Å². The van der Waals surface area contributed by atoms with E-state index in [2.05, 4.69) is 5.32 Å². The molecule has 1 aliphatic heterocycles. The number of rotatable bonds is 2. The van der Waals surface area contributed by atoms with E-state index in [-0.39, 0.29) is 6.42 Å². The minimum atomic E-state index is -4.43. The van der Waals surface area contributed by atoms with Gasteiger partial charge in [-0.2, -0.15) is 13.2 Å². The highest BCUT2D eigenvalue weighted by atomic mass is 19.4. The Morgan fingerprint density at radius 1 is 1.54 bits per heavy atom. The molecule has 13 heavy (non-hydrogen) atoms. The van der Waals surface area contributed by atoms with E-state index in [0.717, 1.165) is 0 Å². The average Bonchev–Trinajstić information content (AvgIpc) is 2.33. The number of nitrogens with one attached hydrogen (secondary N) is 1. The Kier molecular flexibility index (Phi) is 2.51. The molecule has 1 rings (SSSR count). The van der Waals surface area contributed by atoms with Crippen molar-refractivity contribution >= 4 is 5.97 Å². The van der Waals surface area contributed by atoms with Gasteiger partial charge in [0.1, 0.15) is 5.54 Å². The number of aliphatic carboxylic acids is 1. The molecule has 76 valence electrons. The first-order chi connectivity index (χ1) is 5.86. The number of hydrogen-bond donors (Lipinski definition) is 2. The molecule has 1 aliphatic rings. The summed E-state index contributed by atoms with van der Waals surface area (Å²) in [5.41, 5.74) is -1.78. The van der Waals surface area contributed by atoms with Gasteiger partial charge in [0.15, 0.2) is 0 Å². The minimum Gasteiger partial charge on any atom is -0.480 e. The predicted molar refractivity (Wildman–Crippen MR) is 38.3 cm³/mol. The second-order valence-electron chi connectivity index (χ2n) is 3.21. The molecule has 0 aliphatic carbocycles. The van der Waals surface area contributed by atoms with Crippen molar-refractivity contribution in [3.8, 4) is 0 Å². The summed E-state index contributed by atoms with van der Waals surface area (Å²) in [5, 5.41) is 11.1. The number of carboxylic acids is 1. The van der Waals surface area contributed by atoms with Gasteiger partial charge < -0.3 is 10.4 Å². The van der Waals surface area contributed by atoms with Gasteiger partial charge in [-0.3, -0.25) is 4.79 Å². The SMILES string of the molecule is O=C(O)C1(CC(F)(F)F)CCCN1. The number of hydrogen-bond acceptors (Lipinski definition) is 2. The molecule has 0 spiro atoms. The van der Waals surface area contributed by atoms with E-state index in [0.29, 0.717) is 13.0 Å². The zero-order chi connectivity index (χ0) is 10.1. The molecule has 2 N–H and O–H groups in total. The second kappa shape index (κ2) is 3.17. The van der Waals surface area contributed by atoms with Crippen LogP contribution in [0.4, 0.5) is 13.2 Å². The predicted octanol–water partition coefficient (Wildman–Crippen LogP) is 1.15. The molecule has 0 aromatic rings. The lowest BCUT2D eigenvalue weighted by Gasteiger charge is -2.25. The van der Waals surface area contributed by atoms with Gasteiger partial charge in [0.05, 0.1) is 6.42 Å². The summed E-state index contributed by atoms with van der Waals surface area (Å²) in [7, 11) is 0. The molecule has 1 atom stereocenters. The topological polar surface area (TPSA) is 49.3 Å². The molecule has 6 heteroatoms. The van der Waals surface area contributed by atoms with Crippen LogP contribution in [0.15, 0.2) is 0 Å². The van der Waals surface area contributed by atoms with E-state index in [4.69, 9.17) is 5.11 Å². The van der Waals surface area contributed by atoms with Crippen LogP contribution in [-0.4, -0.2) is 29.3 Å². The first-order valence-corrected chi connectivity index (χ1v) is 3.91. The Bertz CT molecular complexity index is 208. The van der Waals surface area contributed by atoms with E-state index < -0.39 is 24.1 Å². The van der Waals surface area contributed by atoms with Crippen molar-refractivity contribution in [2.75, 3.05) is 6.54 Å². The van der Waals surface area contributed by atoms with Crippen LogP contribution in [0.1, 0.15) is 19.3 Å². The van der Waals surface area contributed by atoms with Crippen molar-refractivity contribution in [3.63, 3.8) is 0 Å². The van der Waals surface area contributed by atoms with Crippen LogP contribution in [0, 0.1) is 0 Å². The van der Waals surface area contributed by atoms with Gasteiger partial charge >= 0.3 is 12.1 Å². The molecule has 1 saturated heterocycles. The fourth-order valence-corrected chi connectivity index (χ4v) is 1.56. The lowest BCUT2D eigenvalue weighted by molar-refractivity contribution is -0.168. The lowest BCUT2D eigenvalue weighted by Crippen LogP contribution is -2.50. The Labute approximate surface area is 72.9 Å². The third-order valence-electron chi connectivity index (χ3n) is 2.16. The monoisotopic (exact) mass is 197 g/mol. The van der Waals surface area contributed by atoms with Crippen LogP contribution >= 0.6 is 0 Å². The Morgan fingerprint density at radius 3 is 2.46 bits per heavy atom. The van der Waals surface area contributed by atoms with Crippen molar-refractivity contribution in [1.29, 1.82) is 0 Å². The zero-order valence-corrected chi connectivity index (χ0v) is 6.82. The van der Waals surface area contributed by atoms with Crippen LogP contribution in [-0.2, 0) is 4.79 Å². The normalized spacial score (nSPS) is 29.2. The summed E-state index contributed by atoms with van der Waals surface area (Å²) < 4.78 is 36.0. The number of alkyl halides is 3. The van der Waals surface area contributed by atoms with Gasteiger partial charge in [0.2, 0.25) is 0 Å². The third kappa shape index (κ3) is 2.33. The van der Waals surface area contributed by atoms with Crippen LogP contribution in [0.25, 0.3) is 0 Å². The van der Waals surface area contributed by atoms with Crippen LogP contribution < -0.4 is 5.32 Å². The van der Waals surface area contributed by atoms with Crippen molar-refractivity contribution in [1.82, 2.24) is 5.32 Å². The molecular formula is C7H10F3NO2. The standard InChI is InChI=1S/C7H10F3NO2/c8-7(9,10)4-6(5(12)13)2-1-3-11-6/h11H,1-4H2,(H,12,13). The van der Waals surface area contributed by atoms with E-state index >= 15 is 0 Å². The second-order valence-corrected chi connectivity index (χ2v) is 3.21. The van der Waals surface area contributed by atoms with E-state index in [1.54, 1.807) is 0 Å². The number of halogens is 3. The highest BCUT2D eigenvalue weighted by molar-refractivity contribution is 5.79. The number of carboxylic acid groups (broad SMARTS) is 1. The van der Waals surface area contributed by atoms with Crippen molar-refractivity contribution in [2.45, 2.75) is 31.0 Å². The van der Waals surface area contributed by atoms with E-state index in [1.165, 1.54) is 0 Å². The highest BCUT2D eigenvalue weighted by Crippen LogP contribution is 2.33. The van der Waals surface area contributed by atoms with Gasteiger partial charge in [-0.05, 0) is 19.4 Å². The van der Waals surface area contributed by atoms with Crippen molar-refractivity contribution < 1.29 is 23.1 Å². The van der Waals surface area contributed by atoms with Gasteiger partial charge in [-0.25, -0.2) is 0 Å². The summed E-state index contributed by atoms with van der Waals surface area (Å²) in [6.45, 7) is 0.336. The highest BCUT2D eigenvalue weighted by Gasteiger charge is 2.49. The number of carbonyl (C=O) groups is 1. The minimum absolute atomic E-state index is 0.0435. The molecule has 0 aromatic carbocycles. The zero-order valence-electron chi connectivity index (χ0n) is 6.82. The summed E-state index contributed by atoms with van der Waals surface area (Å²) in [5.74, 6) is -1.41. The van der Waals surface area contributed by atoms with Crippen LogP contribution in [0.5, 0.6) is 0 Å².